The van der Waals surface area contributed by atoms with Crippen LogP contribution in [0, 0.1) is 35.5 Å². The fourth-order valence-corrected chi connectivity index (χ4v) is 7.17. The zero-order chi connectivity index (χ0) is 25.5. The van der Waals surface area contributed by atoms with E-state index in [1.54, 1.807) is 12.1 Å². The number of carboxylic acids is 2. The Morgan fingerprint density at radius 3 is 1.86 bits per heavy atom. The molecule has 186 valence electrons. The van der Waals surface area contributed by atoms with E-state index in [4.69, 9.17) is 4.74 Å². The quantitative estimate of drug-likeness (QED) is 0.382. The molecule has 4 fully saturated rings. The van der Waals surface area contributed by atoms with Crippen LogP contribution >= 0.6 is 0 Å². The maximum absolute atomic E-state index is 11.6. The van der Waals surface area contributed by atoms with Crippen molar-refractivity contribution in [2.45, 2.75) is 38.0 Å². The Morgan fingerprint density at radius 2 is 1.30 bits per heavy atom. The van der Waals surface area contributed by atoms with E-state index in [1.165, 1.54) is 55.9 Å². The molecule has 4 bridgehead atoms. The zero-order valence-corrected chi connectivity index (χ0v) is 20.4. The smallest absolute Gasteiger partial charge is 0.337 e. The van der Waals surface area contributed by atoms with E-state index in [9.17, 15) is 19.8 Å². The van der Waals surface area contributed by atoms with Gasteiger partial charge in [0.15, 0.2) is 0 Å². The molecule has 3 aromatic rings. The molecule has 7 rings (SSSR count). The highest BCUT2D eigenvalue weighted by molar-refractivity contribution is 6.03. The van der Waals surface area contributed by atoms with E-state index in [-0.39, 0.29) is 16.7 Å². The van der Waals surface area contributed by atoms with E-state index in [0.29, 0.717) is 17.2 Å². The lowest BCUT2D eigenvalue weighted by Gasteiger charge is -2.54. The molecule has 0 radical (unpaired) electrons. The molecule has 0 heterocycles. The molecule has 37 heavy (non-hydrogen) atoms. The average Bonchev–Trinajstić information content (AvgIpc) is 2.88. The molecule has 0 spiro atoms. The van der Waals surface area contributed by atoms with Crippen molar-refractivity contribution >= 4 is 11.9 Å². The van der Waals surface area contributed by atoms with Crippen LogP contribution in [0.4, 0.5) is 0 Å². The third kappa shape index (κ3) is 4.60. The van der Waals surface area contributed by atoms with E-state index >= 15 is 0 Å². The van der Waals surface area contributed by atoms with Crippen LogP contribution in [0.5, 0.6) is 11.5 Å². The standard InChI is InChI=1S/C32H28O5/c33-31(34)28-3-1-2-22(30(28)32(35)36)7-4-19-5-10-26(11-6-19)37-27-12-8-23(9-13-27)29-24-15-20-14-21(17-24)18-25(29)16-20/h1-3,5-6,8-13,20-21,24-25,29H,14-18H2,(H,33,34)(H,35,36). The van der Waals surface area contributed by atoms with Gasteiger partial charge in [0.2, 0.25) is 0 Å². The lowest BCUT2D eigenvalue weighted by molar-refractivity contribution is -0.00279. The fraction of sp³-hybridized carbons (Fsp3) is 0.312. The Morgan fingerprint density at radius 1 is 0.703 bits per heavy atom. The summed E-state index contributed by atoms with van der Waals surface area (Å²) in [6.45, 7) is 0. The fourth-order valence-electron chi connectivity index (χ4n) is 7.17. The van der Waals surface area contributed by atoms with E-state index in [1.807, 2.05) is 12.1 Å². The molecule has 4 saturated carbocycles. The third-order valence-corrected chi connectivity index (χ3v) is 8.43. The maximum atomic E-state index is 11.6. The Bertz CT molecular complexity index is 1380. The van der Waals surface area contributed by atoms with Gasteiger partial charge in [-0.1, -0.05) is 30.0 Å². The van der Waals surface area contributed by atoms with Gasteiger partial charge in [0, 0.05) is 11.1 Å². The van der Waals surface area contributed by atoms with Crippen molar-refractivity contribution in [2.75, 3.05) is 0 Å². The van der Waals surface area contributed by atoms with Gasteiger partial charge < -0.3 is 14.9 Å². The van der Waals surface area contributed by atoms with Gasteiger partial charge in [-0.3, -0.25) is 0 Å². The zero-order valence-electron chi connectivity index (χ0n) is 20.4. The summed E-state index contributed by atoms with van der Waals surface area (Å²) in [7, 11) is 0. The summed E-state index contributed by atoms with van der Waals surface area (Å²) in [5.74, 6) is 8.95. The molecule has 4 aliphatic carbocycles. The van der Waals surface area contributed by atoms with Crippen LogP contribution < -0.4 is 4.74 Å². The van der Waals surface area contributed by atoms with Crippen molar-refractivity contribution < 1.29 is 24.5 Å². The highest BCUT2D eigenvalue weighted by Crippen LogP contribution is 2.59. The molecule has 2 N–H and O–H groups in total. The van der Waals surface area contributed by atoms with Crippen LogP contribution in [-0.4, -0.2) is 22.2 Å². The van der Waals surface area contributed by atoms with Crippen LogP contribution in [0.1, 0.15) is 75.4 Å². The lowest BCUT2D eigenvalue weighted by Crippen LogP contribution is -2.43. The molecule has 0 aromatic heterocycles. The minimum absolute atomic E-state index is 0.159. The van der Waals surface area contributed by atoms with E-state index in [0.717, 1.165) is 29.4 Å². The van der Waals surface area contributed by atoms with Crippen LogP contribution in [0.2, 0.25) is 0 Å². The van der Waals surface area contributed by atoms with Crippen molar-refractivity contribution in [3.63, 3.8) is 0 Å². The van der Waals surface area contributed by atoms with Gasteiger partial charge in [-0.2, -0.15) is 0 Å². The number of carboxylic acid groups (broad SMARTS) is 2. The minimum Gasteiger partial charge on any atom is -0.478 e. The number of hydrogen-bond acceptors (Lipinski definition) is 3. The van der Waals surface area contributed by atoms with Crippen molar-refractivity contribution in [1.29, 1.82) is 0 Å². The highest BCUT2D eigenvalue weighted by Gasteiger charge is 2.48. The van der Waals surface area contributed by atoms with Gasteiger partial charge in [0.25, 0.3) is 0 Å². The molecule has 5 nitrogen and oxygen atoms in total. The van der Waals surface area contributed by atoms with Crippen LogP contribution in [0.3, 0.4) is 0 Å². The summed E-state index contributed by atoms with van der Waals surface area (Å²) >= 11 is 0. The van der Waals surface area contributed by atoms with Gasteiger partial charge in [-0.25, -0.2) is 9.59 Å². The molecule has 0 unspecified atom stereocenters. The second-order valence-corrected chi connectivity index (χ2v) is 10.7. The molecule has 0 saturated heterocycles. The van der Waals surface area contributed by atoms with Crippen molar-refractivity contribution in [3.05, 3.63) is 94.5 Å². The first-order valence-corrected chi connectivity index (χ1v) is 12.9. The van der Waals surface area contributed by atoms with Crippen LogP contribution in [0.15, 0.2) is 66.7 Å². The summed E-state index contributed by atoms with van der Waals surface area (Å²) < 4.78 is 6.06. The molecule has 3 aromatic carbocycles. The largest absolute Gasteiger partial charge is 0.478 e. The molecular formula is C32H28O5. The molecule has 0 atom stereocenters. The Labute approximate surface area is 216 Å². The number of carbonyl (C=O) groups is 2. The molecule has 0 aliphatic heterocycles. The van der Waals surface area contributed by atoms with Gasteiger partial charge in [0.1, 0.15) is 11.5 Å². The summed E-state index contributed by atoms with van der Waals surface area (Å²) in [4.78, 5) is 23.0. The van der Waals surface area contributed by atoms with Crippen molar-refractivity contribution in [3.8, 4) is 23.3 Å². The van der Waals surface area contributed by atoms with Gasteiger partial charge in [-0.05, 0) is 116 Å². The van der Waals surface area contributed by atoms with Gasteiger partial charge in [0.05, 0.1) is 11.1 Å². The molecule has 5 heteroatoms. The lowest BCUT2D eigenvalue weighted by atomic mass is 9.51. The van der Waals surface area contributed by atoms with Gasteiger partial charge >= 0.3 is 11.9 Å². The summed E-state index contributed by atoms with van der Waals surface area (Å²) in [6.07, 6.45) is 7.11. The number of aromatic carboxylic acids is 2. The SMILES string of the molecule is O=C(O)c1cccc(C#Cc2ccc(Oc3ccc(C4C5CC6CC(C5)CC4C6)cc3)cc2)c1C(=O)O. The Hall–Kier alpha value is -4.04. The maximum Gasteiger partial charge on any atom is 0.337 e. The van der Waals surface area contributed by atoms with Crippen LogP contribution in [-0.2, 0) is 0 Å². The van der Waals surface area contributed by atoms with Gasteiger partial charge in [-0.15, -0.1) is 0 Å². The number of hydrogen-bond donors (Lipinski definition) is 2. The second-order valence-electron chi connectivity index (χ2n) is 10.7. The van der Waals surface area contributed by atoms with Crippen molar-refractivity contribution in [2.24, 2.45) is 23.7 Å². The first kappa shape index (κ1) is 23.4. The van der Waals surface area contributed by atoms with Crippen LogP contribution in [0.25, 0.3) is 0 Å². The first-order valence-electron chi connectivity index (χ1n) is 12.9. The molecule has 4 aliphatic rings. The minimum atomic E-state index is -1.32. The first-order chi connectivity index (χ1) is 17.9. The molecule has 0 amide bonds. The summed E-state index contributed by atoms with van der Waals surface area (Å²) in [5.41, 5.74) is 1.70. The van der Waals surface area contributed by atoms with Crippen molar-refractivity contribution in [1.82, 2.24) is 0 Å². The predicted molar refractivity (Wildman–Crippen MR) is 139 cm³/mol. The normalized spacial score (nSPS) is 25.2. The monoisotopic (exact) mass is 492 g/mol. The topological polar surface area (TPSA) is 83.8 Å². The number of ether oxygens (including phenoxy) is 1. The highest BCUT2D eigenvalue weighted by atomic mass is 16.5. The average molecular weight is 493 g/mol. The predicted octanol–water partition coefficient (Wildman–Crippen LogP) is 6.81. The second kappa shape index (κ2) is 9.44. The Kier molecular flexibility index (Phi) is 5.96. The third-order valence-electron chi connectivity index (χ3n) is 8.43. The summed E-state index contributed by atoms with van der Waals surface area (Å²) in [5, 5.41) is 18.7. The van der Waals surface area contributed by atoms with E-state index in [2.05, 4.69) is 36.1 Å². The molecular weight excluding hydrogens is 464 g/mol. The Balaban J connectivity index is 1.14. The number of rotatable bonds is 5. The van der Waals surface area contributed by atoms with E-state index < -0.39 is 11.9 Å². The summed E-state index contributed by atoms with van der Waals surface area (Å²) in [6, 6.07) is 20.1. The number of benzene rings is 3.